The Morgan fingerprint density at radius 1 is 1.21 bits per heavy atom. The van der Waals surface area contributed by atoms with Crippen LogP contribution < -0.4 is 15.8 Å². The van der Waals surface area contributed by atoms with Gasteiger partial charge in [-0.05, 0) is 55.5 Å². The average molecular weight is 324 g/mol. The van der Waals surface area contributed by atoms with Crippen LogP contribution in [0.3, 0.4) is 0 Å². The lowest BCUT2D eigenvalue weighted by Crippen LogP contribution is -2.28. The lowest BCUT2D eigenvalue weighted by Gasteiger charge is -2.16. The van der Waals surface area contributed by atoms with Gasteiger partial charge in [0.05, 0.1) is 5.69 Å². The number of nitrogens with two attached hydrogens (primary N) is 1. The molecule has 1 aliphatic rings. The van der Waals surface area contributed by atoms with Crippen molar-refractivity contribution >= 4 is 11.6 Å². The monoisotopic (exact) mass is 324 g/mol. The molecule has 0 heterocycles. The largest absolute Gasteiger partial charge is 0.455 e. The molecule has 4 heteroatoms. The van der Waals surface area contributed by atoms with E-state index < -0.39 is 0 Å². The minimum absolute atomic E-state index is 0.00218. The molecule has 0 unspecified atom stereocenters. The molecule has 1 aliphatic carbocycles. The molecule has 1 saturated carbocycles. The Hall–Kier alpha value is -2.33. The molecule has 2 aromatic carbocycles. The number of amides is 1. The van der Waals surface area contributed by atoms with E-state index in [0.29, 0.717) is 17.9 Å². The van der Waals surface area contributed by atoms with Crippen LogP contribution in [0.1, 0.15) is 31.2 Å². The van der Waals surface area contributed by atoms with Gasteiger partial charge in [-0.2, -0.15) is 0 Å². The zero-order chi connectivity index (χ0) is 16.9. The third-order valence-corrected chi connectivity index (χ3v) is 4.54. The van der Waals surface area contributed by atoms with Crippen LogP contribution in [0.2, 0.25) is 0 Å². The third kappa shape index (κ3) is 4.15. The second-order valence-corrected chi connectivity index (χ2v) is 6.52. The van der Waals surface area contributed by atoms with Crippen LogP contribution >= 0.6 is 0 Å². The number of ether oxygens (including phenoxy) is 1. The van der Waals surface area contributed by atoms with Gasteiger partial charge in [-0.25, -0.2) is 0 Å². The van der Waals surface area contributed by atoms with Gasteiger partial charge in [-0.3, -0.25) is 4.79 Å². The van der Waals surface area contributed by atoms with Gasteiger partial charge in [0.25, 0.3) is 0 Å². The van der Waals surface area contributed by atoms with Crippen LogP contribution in [-0.2, 0) is 4.79 Å². The van der Waals surface area contributed by atoms with Crippen molar-refractivity contribution in [2.75, 3.05) is 5.32 Å². The van der Waals surface area contributed by atoms with Gasteiger partial charge >= 0.3 is 0 Å². The summed E-state index contributed by atoms with van der Waals surface area (Å²) in [6.07, 6.45) is 3.65. The van der Waals surface area contributed by atoms with E-state index in [-0.39, 0.29) is 17.9 Å². The van der Waals surface area contributed by atoms with Crippen LogP contribution in [0.15, 0.2) is 48.5 Å². The van der Waals surface area contributed by atoms with E-state index >= 15 is 0 Å². The van der Waals surface area contributed by atoms with E-state index in [9.17, 15) is 4.79 Å². The average Bonchev–Trinajstić information content (AvgIpc) is 2.94. The number of para-hydroxylation sites is 2. The molecule has 126 valence electrons. The first-order valence-corrected chi connectivity index (χ1v) is 8.51. The number of carbonyl (C=O) groups excluding carboxylic acids is 1. The maximum atomic E-state index is 12.4. The molecule has 1 fully saturated rings. The molecule has 3 rings (SSSR count). The predicted octanol–water partition coefficient (Wildman–Crippen LogP) is 4.24. The van der Waals surface area contributed by atoms with Crippen molar-refractivity contribution < 1.29 is 9.53 Å². The Kier molecular flexibility index (Phi) is 5.16. The predicted molar refractivity (Wildman–Crippen MR) is 96.3 cm³/mol. The number of anilines is 1. The quantitative estimate of drug-likeness (QED) is 0.864. The number of benzene rings is 2. The van der Waals surface area contributed by atoms with E-state index in [1.807, 2.05) is 55.5 Å². The Morgan fingerprint density at radius 2 is 2.04 bits per heavy atom. The molecular weight excluding hydrogens is 300 g/mol. The normalized spacial score (nSPS) is 19.9. The molecule has 0 spiro atoms. The van der Waals surface area contributed by atoms with Gasteiger partial charge in [-0.1, -0.05) is 30.7 Å². The number of hydrogen-bond donors (Lipinski definition) is 2. The summed E-state index contributed by atoms with van der Waals surface area (Å²) in [7, 11) is 0. The molecule has 0 bridgehead atoms. The van der Waals surface area contributed by atoms with Gasteiger partial charge in [0, 0.05) is 12.5 Å². The minimum Gasteiger partial charge on any atom is -0.455 e. The maximum absolute atomic E-state index is 12.4. The number of carbonyl (C=O) groups is 1. The SMILES string of the molecule is Cc1cccc(Oc2ccccc2NC(=O)C[C@@H]2CCC[C@H]2N)c1. The van der Waals surface area contributed by atoms with Crippen molar-refractivity contribution in [2.45, 2.75) is 38.6 Å². The first kappa shape index (κ1) is 16.5. The topological polar surface area (TPSA) is 64.3 Å². The van der Waals surface area contributed by atoms with Crippen LogP contribution in [0, 0.1) is 12.8 Å². The van der Waals surface area contributed by atoms with Crippen molar-refractivity contribution in [3.8, 4) is 11.5 Å². The van der Waals surface area contributed by atoms with Crippen LogP contribution in [-0.4, -0.2) is 11.9 Å². The standard InChI is InChI=1S/C20H24N2O2/c1-14-6-4-8-16(12-14)24-19-11-3-2-10-18(19)22-20(23)13-15-7-5-9-17(15)21/h2-4,6,8,10-12,15,17H,5,7,9,13,21H2,1H3,(H,22,23)/t15-,17+/m0/s1. The number of aryl methyl sites for hydroxylation is 1. The highest BCUT2D eigenvalue weighted by Crippen LogP contribution is 2.31. The van der Waals surface area contributed by atoms with E-state index in [4.69, 9.17) is 10.5 Å². The van der Waals surface area contributed by atoms with E-state index in [0.717, 1.165) is 30.6 Å². The van der Waals surface area contributed by atoms with Gasteiger partial charge in [-0.15, -0.1) is 0 Å². The lowest BCUT2D eigenvalue weighted by molar-refractivity contribution is -0.117. The molecule has 2 atom stereocenters. The number of rotatable bonds is 5. The molecule has 2 aromatic rings. The fourth-order valence-corrected chi connectivity index (χ4v) is 3.22. The zero-order valence-corrected chi connectivity index (χ0v) is 14.0. The molecule has 24 heavy (non-hydrogen) atoms. The zero-order valence-electron chi connectivity index (χ0n) is 14.0. The summed E-state index contributed by atoms with van der Waals surface area (Å²) < 4.78 is 5.94. The molecule has 4 nitrogen and oxygen atoms in total. The van der Waals surface area contributed by atoms with Crippen LogP contribution in [0.4, 0.5) is 5.69 Å². The fourth-order valence-electron chi connectivity index (χ4n) is 3.22. The van der Waals surface area contributed by atoms with Crippen LogP contribution in [0.5, 0.6) is 11.5 Å². The summed E-state index contributed by atoms with van der Waals surface area (Å²) in [6, 6.07) is 15.5. The lowest BCUT2D eigenvalue weighted by atomic mass is 10.00. The van der Waals surface area contributed by atoms with E-state index in [1.165, 1.54) is 0 Å². The first-order valence-electron chi connectivity index (χ1n) is 8.51. The van der Waals surface area contributed by atoms with Gasteiger partial charge in [0.2, 0.25) is 5.91 Å². The molecule has 0 aromatic heterocycles. The highest BCUT2D eigenvalue weighted by atomic mass is 16.5. The highest BCUT2D eigenvalue weighted by molar-refractivity contribution is 5.92. The smallest absolute Gasteiger partial charge is 0.224 e. The van der Waals surface area contributed by atoms with Crippen molar-refractivity contribution in [1.29, 1.82) is 0 Å². The summed E-state index contributed by atoms with van der Waals surface area (Å²) in [5, 5.41) is 2.97. The summed E-state index contributed by atoms with van der Waals surface area (Å²) in [6.45, 7) is 2.02. The third-order valence-electron chi connectivity index (χ3n) is 4.54. The first-order chi connectivity index (χ1) is 11.6. The number of nitrogens with one attached hydrogen (secondary N) is 1. The van der Waals surface area contributed by atoms with Crippen molar-refractivity contribution in [3.05, 3.63) is 54.1 Å². The van der Waals surface area contributed by atoms with Gasteiger partial charge in [0.1, 0.15) is 5.75 Å². The van der Waals surface area contributed by atoms with Gasteiger partial charge in [0.15, 0.2) is 5.75 Å². The van der Waals surface area contributed by atoms with E-state index in [1.54, 1.807) is 0 Å². The molecular formula is C20H24N2O2. The Morgan fingerprint density at radius 3 is 2.79 bits per heavy atom. The molecule has 1 amide bonds. The Balaban J connectivity index is 1.68. The summed E-state index contributed by atoms with van der Waals surface area (Å²) in [5.41, 5.74) is 7.88. The van der Waals surface area contributed by atoms with Crippen molar-refractivity contribution in [1.82, 2.24) is 0 Å². The summed E-state index contributed by atoms with van der Waals surface area (Å²) in [5.74, 6) is 1.69. The second kappa shape index (κ2) is 7.49. The molecule has 3 N–H and O–H groups in total. The van der Waals surface area contributed by atoms with Crippen molar-refractivity contribution in [3.63, 3.8) is 0 Å². The van der Waals surface area contributed by atoms with Gasteiger partial charge < -0.3 is 15.8 Å². The Labute approximate surface area is 143 Å². The molecule has 0 aliphatic heterocycles. The maximum Gasteiger partial charge on any atom is 0.224 e. The highest BCUT2D eigenvalue weighted by Gasteiger charge is 2.26. The van der Waals surface area contributed by atoms with Crippen LogP contribution in [0.25, 0.3) is 0 Å². The molecule has 0 radical (unpaired) electrons. The van der Waals surface area contributed by atoms with Crippen molar-refractivity contribution in [2.24, 2.45) is 11.7 Å². The summed E-state index contributed by atoms with van der Waals surface area (Å²) in [4.78, 5) is 12.4. The fraction of sp³-hybridized carbons (Fsp3) is 0.350. The number of hydrogen-bond acceptors (Lipinski definition) is 3. The second-order valence-electron chi connectivity index (χ2n) is 6.52. The van der Waals surface area contributed by atoms with E-state index in [2.05, 4.69) is 5.32 Å². The minimum atomic E-state index is -0.00218. The summed E-state index contributed by atoms with van der Waals surface area (Å²) >= 11 is 0. The Bertz CT molecular complexity index is 714. The molecule has 0 saturated heterocycles.